The molecule has 0 amide bonds. The molecule has 4 heteroatoms. The van der Waals surface area contributed by atoms with Crippen LogP contribution in [0.3, 0.4) is 0 Å². The first-order valence-corrected chi connectivity index (χ1v) is 8.85. The van der Waals surface area contributed by atoms with E-state index in [2.05, 4.69) is 49.8 Å². The summed E-state index contributed by atoms with van der Waals surface area (Å²) in [6, 6.07) is 14.5. The van der Waals surface area contributed by atoms with Crippen molar-refractivity contribution in [1.82, 2.24) is 9.88 Å². The zero-order chi connectivity index (χ0) is 18.7. The largest absolute Gasteiger partial charge is 0.496 e. The van der Waals surface area contributed by atoms with Gasteiger partial charge < -0.3 is 9.15 Å². The van der Waals surface area contributed by atoms with Crippen LogP contribution >= 0.6 is 0 Å². The highest BCUT2D eigenvalue weighted by Gasteiger charge is 2.18. The molecule has 0 aliphatic rings. The molecule has 0 bridgehead atoms. The highest BCUT2D eigenvalue weighted by Crippen LogP contribution is 2.28. The molecule has 0 radical (unpaired) electrons. The quantitative estimate of drug-likeness (QED) is 0.615. The first kappa shape index (κ1) is 18.2. The Balaban J connectivity index is 1.74. The first-order valence-electron chi connectivity index (χ1n) is 8.85. The van der Waals surface area contributed by atoms with E-state index in [1.165, 1.54) is 5.56 Å². The number of benzene rings is 2. The number of hydrogen-bond acceptors (Lipinski definition) is 4. The summed E-state index contributed by atoms with van der Waals surface area (Å²) in [4.78, 5) is 6.73. The molecule has 2 aromatic carbocycles. The van der Waals surface area contributed by atoms with E-state index in [4.69, 9.17) is 9.15 Å². The minimum atomic E-state index is 0.0789. The second-order valence-electron chi connectivity index (χ2n) is 6.78. The van der Waals surface area contributed by atoms with Crippen molar-refractivity contribution in [2.45, 2.75) is 33.4 Å². The Kier molecular flexibility index (Phi) is 5.43. The lowest BCUT2D eigenvalue weighted by Crippen LogP contribution is -2.22. The minimum Gasteiger partial charge on any atom is -0.496 e. The van der Waals surface area contributed by atoms with Crippen molar-refractivity contribution in [3.63, 3.8) is 0 Å². The van der Waals surface area contributed by atoms with Gasteiger partial charge in [0.25, 0.3) is 0 Å². The van der Waals surface area contributed by atoms with Crippen molar-refractivity contribution in [2.75, 3.05) is 14.2 Å². The zero-order valence-corrected chi connectivity index (χ0v) is 16.1. The monoisotopic (exact) mass is 350 g/mol. The average Bonchev–Trinajstić information content (AvgIpc) is 3.11. The summed E-state index contributed by atoms with van der Waals surface area (Å²) in [5, 5.41) is 0. The lowest BCUT2D eigenvalue weighted by atomic mass is 10.0. The highest BCUT2D eigenvalue weighted by molar-refractivity contribution is 5.55. The van der Waals surface area contributed by atoms with Crippen molar-refractivity contribution >= 4 is 0 Å². The van der Waals surface area contributed by atoms with Crippen LogP contribution in [0.1, 0.15) is 35.5 Å². The predicted molar refractivity (Wildman–Crippen MR) is 104 cm³/mol. The maximum atomic E-state index is 6.00. The first-order chi connectivity index (χ1) is 12.5. The number of nitrogens with zero attached hydrogens (tertiary/aromatic N) is 2. The molecule has 4 nitrogen and oxygen atoms in total. The van der Waals surface area contributed by atoms with Crippen molar-refractivity contribution < 1.29 is 9.15 Å². The van der Waals surface area contributed by atoms with Gasteiger partial charge in [0, 0.05) is 12.1 Å². The maximum absolute atomic E-state index is 6.00. The Hall–Kier alpha value is -2.59. The molecule has 0 aliphatic heterocycles. The van der Waals surface area contributed by atoms with Crippen molar-refractivity contribution in [1.29, 1.82) is 0 Å². The fraction of sp³-hybridized carbons (Fsp3) is 0.318. The maximum Gasteiger partial charge on any atom is 0.211 e. The Labute approximate surface area is 155 Å². The molecule has 136 valence electrons. The van der Waals surface area contributed by atoms with Gasteiger partial charge in [-0.15, -0.1) is 0 Å². The summed E-state index contributed by atoms with van der Waals surface area (Å²) >= 11 is 0. The van der Waals surface area contributed by atoms with E-state index in [1.54, 1.807) is 13.3 Å². The second-order valence-corrected chi connectivity index (χ2v) is 6.78. The van der Waals surface area contributed by atoms with Gasteiger partial charge >= 0.3 is 0 Å². The van der Waals surface area contributed by atoms with Crippen LogP contribution < -0.4 is 4.74 Å². The van der Waals surface area contributed by atoms with Crippen LogP contribution in [-0.2, 0) is 6.54 Å². The highest BCUT2D eigenvalue weighted by atomic mass is 16.5. The van der Waals surface area contributed by atoms with Gasteiger partial charge in [-0.1, -0.05) is 42.5 Å². The van der Waals surface area contributed by atoms with Crippen LogP contribution in [0, 0.1) is 13.8 Å². The lowest BCUT2D eigenvalue weighted by Gasteiger charge is -2.23. The SMILES string of the molecule is COc1c(C)cc(CN(C)C(C)c2ncc(-c3ccccc3)o2)cc1C. The molecule has 1 unspecified atom stereocenters. The number of aryl methyl sites for hydroxylation is 2. The van der Waals surface area contributed by atoms with Crippen molar-refractivity contribution in [3.8, 4) is 17.1 Å². The topological polar surface area (TPSA) is 38.5 Å². The Morgan fingerprint density at radius 3 is 2.38 bits per heavy atom. The lowest BCUT2D eigenvalue weighted by molar-refractivity contribution is 0.218. The number of rotatable bonds is 6. The number of oxazole rings is 1. The predicted octanol–water partition coefficient (Wildman–Crippen LogP) is 5.16. The van der Waals surface area contributed by atoms with Gasteiger partial charge in [-0.25, -0.2) is 4.98 Å². The Bertz CT molecular complexity index is 848. The molecule has 1 heterocycles. The van der Waals surface area contributed by atoms with E-state index in [0.29, 0.717) is 0 Å². The van der Waals surface area contributed by atoms with Gasteiger partial charge in [-0.3, -0.25) is 4.90 Å². The second kappa shape index (κ2) is 7.75. The van der Waals surface area contributed by atoms with Crippen LogP contribution in [0.4, 0.5) is 0 Å². The van der Waals surface area contributed by atoms with Crippen LogP contribution in [0.25, 0.3) is 11.3 Å². The molecule has 26 heavy (non-hydrogen) atoms. The molecule has 0 aliphatic carbocycles. The zero-order valence-electron chi connectivity index (χ0n) is 16.1. The number of methoxy groups -OCH3 is 1. The standard InChI is InChI=1S/C22H26N2O2/c1-15-11-18(12-16(2)21(15)25-5)14-24(4)17(3)22-23-13-20(26-22)19-9-7-6-8-10-19/h6-13,17H,14H2,1-5H3. The summed E-state index contributed by atoms with van der Waals surface area (Å²) in [5.41, 5.74) is 4.62. The molecule has 0 saturated carbocycles. The van der Waals surface area contributed by atoms with E-state index in [-0.39, 0.29) is 6.04 Å². The van der Waals surface area contributed by atoms with E-state index in [0.717, 1.165) is 40.6 Å². The van der Waals surface area contributed by atoms with Gasteiger partial charge in [0.05, 0.1) is 19.3 Å². The normalized spacial score (nSPS) is 12.4. The van der Waals surface area contributed by atoms with Crippen LogP contribution in [0.5, 0.6) is 5.75 Å². The van der Waals surface area contributed by atoms with E-state index >= 15 is 0 Å². The van der Waals surface area contributed by atoms with E-state index in [9.17, 15) is 0 Å². The van der Waals surface area contributed by atoms with Gasteiger partial charge in [-0.2, -0.15) is 0 Å². The molecule has 3 rings (SSSR count). The number of aromatic nitrogens is 1. The molecule has 0 spiro atoms. The minimum absolute atomic E-state index is 0.0789. The molecular formula is C22H26N2O2. The Morgan fingerprint density at radius 2 is 1.77 bits per heavy atom. The summed E-state index contributed by atoms with van der Waals surface area (Å²) in [7, 11) is 3.81. The molecule has 3 aromatic rings. The molecule has 1 aromatic heterocycles. The van der Waals surface area contributed by atoms with Gasteiger partial charge in [0.15, 0.2) is 5.76 Å². The van der Waals surface area contributed by atoms with E-state index in [1.807, 2.05) is 30.3 Å². The van der Waals surface area contributed by atoms with E-state index < -0.39 is 0 Å². The average molecular weight is 350 g/mol. The van der Waals surface area contributed by atoms with Crippen LogP contribution in [0.15, 0.2) is 53.1 Å². The molecule has 0 fully saturated rings. The molecule has 0 saturated heterocycles. The molecule has 1 atom stereocenters. The molecule has 0 N–H and O–H groups in total. The summed E-state index contributed by atoms with van der Waals surface area (Å²) in [5.74, 6) is 2.50. The number of hydrogen-bond donors (Lipinski definition) is 0. The van der Waals surface area contributed by atoms with Crippen LogP contribution in [0.2, 0.25) is 0 Å². The third-order valence-corrected chi connectivity index (χ3v) is 4.76. The smallest absolute Gasteiger partial charge is 0.211 e. The van der Waals surface area contributed by atoms with Crippen molar-refractivity contribution in [3.05, 3.63) is 71.2 Å². The fourth-order valence-corrected chi connectivity index (χ4v) is 3.28. The number of ether oxygens (including phenoxy) is 1. The summed E-state index contributed by atoms with van der Waals surface area (Å²) in [6.45, 7) is 7.09. The summed E-state index contributed by atoms with van der Waals surface area (Å²) < 4.78 is 11.5. The van der Waals surface area contributed by atoms with Gasteiger partial charge in [-0.05, 0) is 44.5 Å². The molecular weight excluding hydrogens is 324 g/mol. The summed E-state index contributed by atoms with van der Waals surface area (Å²) in [6.07, 6.45) is 1.80. The van der Waals surface area contributed by atoms with Gasteiger partial charge in [0.2, 0.25) is 5.89 Å². The van der Waals surface area contributed by atoms with Crippen LogP contribution in [-0.4, -0.2) is 24.0 Å². The Morgan fingerprint density at radius 1 is 1.12 bits per heavy atom. The van der Waals surface area contributed by atoms with Crippen molar-refractivity contribution in [2.24, 2.45) is 0 Å². The fourth-order valence-electron chi connectivity index (χ4n) is 3.28. The third kappa shape index (κ3) is 3.81. The third-order valence-electron chi connectivity index (χ3n) is 4.76. The van der Waals surface area contributed by atoms with Gasteiger partial charge in [0.1, 0.15) is 5.75 Å².